The monoisotopic (exact) mass is 480 g/mol. The first-order valence-corrected chi connectivity index (χ1v) is 11.9. The molecule has 5 rings (SSSR count). The third-order valence-corrected chi connectivity index (χ3v) is 6.23. The maximum atomic E-state index is 12.9. The molecule has 0 spiro atoms. The molecule has 2 heterocycles. The van der Waals surface area contributed by atoms with Crippen LogP contribution in [0.5, 0.6) is 0 Å². The molecule has 0 aliphatic carbocycles. The molecule has 182 valence electrons. The lowest BCUT2D eigenvalue weighted by Crippen LogP contribution is -2.26. The van der Waals surface area contributed by atoms with Crippen LogP contribution in [0.1, 0.15) is 42.3 Å². The summed E-state index contributed by atoms with van der Waals surface area (Å²) < 4.78 is 9.31. The number of hydrogen-bond donors (Lipinski definition) is 1. The number of nitrogens with zero attached hydrogens (tertiary/aromatic N) is 2. The molecule has 36 heavy (non-hydrogen) atoms. The summed E-state index contributed by atoms with van der Waals surface area (Å²) in [5, 5.41) is 11.4. The quantitative estimate of drug-likeness (QED) is 0.298. The van der Waals surface area contributed by atoms with E-state index in [1.54, 1.807) is 22.8 Å². The summed E-state index contributed by atoms with van der Waals surface area (Å²) >= 11 is 0. The van der Waals surface area contributed by atoms with Crippen LogP contribution in [-0.4, -0.2) is 31.9 Å². The van der Waals surface area contributed by atoms with Gasteiger partial charge in [-0.2, -0.15) is 0 Å². The molecule has 0 saturated carbocycles. The number of aryl methyl sites for hydroxylation is 1. The number of ether oxygens (including phenoxy) is 1. The average molecular weight is 481 g/mol. The molecule has 0 fully saturated rings. The van der Waals surface area contributed by atoms with Gasteiger partial charge in [-0.25, -0.2) is 9.59 Å². The fourth-order valence-corrected chi connectivity index (χ4v) is 4.54. The molecule has 3 aromatic carbocycles. The molecule has 0 bridgehead atoms. The highest BCUT2D eigenvalue weighted by Crippen LogP contribution is 2.31. The average Bonchev–Trinajstić information content (AvgIpc) is 3.38. The maximum Gasteiger partial charge on any atom is 0.419 e. The standard InChI is InChI=1S/C30H28N2O4/c1-19-17-32(29(35)36-30(2,3)4)27-16-23(10-11-25(19)27)22-9-8-21-12-13-31(26(21)15-22)18-20-6-5-7-24(14-20)28(33)34/h5-17H,18H2,1-4H3,(H,33,34). The number of rotatable bonds is 4. The van der Waals surface area contributed by atoms with E-state index < -0.39 is 17.7 Å². The van der Waals surface area contributed by atoms with E-state index in [0.717, 1.165) is 44.1 Å². The van der Waals surface area contributed by atoms with Crippen LogP contribution < -0.4 is 0 Å². The normalized spacial score (nSPS) is 11.8. The predicted molar refractivity (Wildman–Crippen MR) is 142 cm³/mol. The number of aromatic nitrogens is 2. The van der Waals surface area contributed by atoms with Crippen molar-refractivity contribution in [1.29, 1.82) is 0 Å². The second kappa shape index (κ2) is 8.72. The molecule has 0 saturated heterocycles. The van der Waals surface area contributed by atoms with Gasteiger partial charge in [-0.15, -0.1) is 0 Å². The molecule has 1 N–H and O–H groups in total. The van der Waals surface area contributed by atoms with Crippen molar-refractivity contribution in [3.63, 3.8) is 0 Å². The van der Waals surface area contributed by atoms with E-state index in [4.69, 9.17) is 4.74 Å². The van der Waals surface area contributed by atoms with Gasteiger partial charge in [0.2, 0.25) is 0 Å². The molecule has 2 aromatic heterocycles. The summed E-state index contributed by atoms with van der Waals surface area (Å²) in [7, 11) is 0. The summed E-state index contributed by atoms with van der Waals surface area (Å²) in [5.41, 5.74) is 5.50. The summed E-state index contributed by atoms with van der Waals surface area (Å²) in [6.45, 7) is 8.13. The number of hydrogen-bond acceptors (Lipinski definition) is 3. The number of benzene rings is 3. The lowest BCUT2D eigenvalue weighted by atomic mass is 10.0. The number of fused-ring (bicyclic) bond motifs is 2. The number of aromatic carboxylic acids is 1. The molecular weight excluding hydrogens is 452 g/mol. The molecule has 0 aliphatic rings. The first kappa shape index (κ1) is 23.4. The Hall–Kier alpha value is -4.32. The van der Waals surface area contributed by atoms with Gasteiger partial charge in [0.1, 0.15) is 5.60 Å². The summed E-state index contributed by atoms with van der Waals surface area (Å²) in [5.74, 6) is -0.932. The van der Waals surface area contributed by atoms with Gasteiger partial charge in [-0.1, -0.05) is 36.4 Å². The lowest BCUT2D eigenvalue weighted by Gasteiger charge is -2.19. The lowest BCUT2D eigenvalue weighted by molar-refractivity contribution is 0.0543. The molecule has 0 aliphatic heterocycles. The Morgan fingerprint density at radius 3 is 2.36 bits per heavy atom. The summed E-state index contributed by atoms with van der Waals surface area (Å²) in [6, 6.07) is 21.5. The second-order valence-electron chi connectivity index (χ2n) is 10.1. The number of carbonyl (C=O) groups is 2. The van der Waals surface area contributed by atoms with Gasteiger partial charge in [0.05, 0.1) is 11.1 Å². The Morgan fingerprint density at radius 1 is 0.917 bits per heavy atom. The van der Waals surface area contributed by atoms with Crippen LogP contribution in [0.2, 0.25) is 0 Å². The van der Waals surface area contributed by atoms with E-state index in [2.05, 4.69) is 34.9 Å². The Balaban J connectivity index is 1.53. The van der Waals surface area contributed by atoms with Crippen molar-refractivity contribution in [3.8, 4) is 11.1 Å². The first-order chi connectivity index (χ1) is 17.1. The van der Waals surface area contributed by atoms with Crippen molar-refractivity contribution in [2.75, 3.05) is 0 Å². The molecule has 6 nitrogen and oxygen atoms in total. The maximum absolute atomic E-state index is 12.9. The van der Waals surface area contributed by atoms with E-state index in [9.17, 15) is 14.7 Å². The van der Waals surface area contributed by atoms with Gasteiger partial charge in [0.15, 0.2) is 0 Å². The van der Waals surface area contributed by atoms with Crippen LogP contribution in [0, 0.1) is 6.92 Å². The summed E-state index contributed by atoms with van der Waals surface area (Å²) in [6.07, 6.45) is 3.44. The first-order valence-electron chi connectivity index (χ1n) is 11.9. The Bertz CT molecular complexity index is 1630. The number of carboxylic acid groups (broad SMARTS) is 1. The zero-order valence-electron chi connectivity index (χ0n) is 20.8. The number of carboxylic acids is 1. The third-order valence-electron chi connectivity index (χ3n) is 6.23. The highest BCUT2D eigenvalue weighted by atomic mass is 16.6. The van der Waals surface area contributed by atoms with Gasteiger partial charge in [-0.3, -0.25) is 4.57 Å². The van der Waals surface area contributed by atoms with Crippen molar-refractivity contribution in [1.82, 2.24) is 9.13 Å². The van der Waals surface area contributed by atoms with Gasteiger partial charge in [0, 0.05) is 29.8 Å². The fourth-order valence-electron chi connectivity index (χ4n) is 4.54. The topological polar surface area (TPSA) is 73.5 Å². The summed E-state index contributed by atoms with van der Waals surface area (Å²) in [4.78, 5) is 24.2. The minimum Gasteiger partial charge on any atom is -0.478 e. The third kappa shape index (κ3) is 4.50. The van der Waals surface area contributed by atoms with E-state index in [0.29, 0.717) is 6.54 Å². The molecule has 0 atom stereocenters. The van der Waals surface area contributed by atoms with Crippen molar-refractivity contribution < 1.29 is 19.4 Å². The van der Waals surface area contributed by atoms with Gasteiger partial charge in [-0.05, 0) is 85.7 Å². The molecule has 0 radical (unpaired) electrons. The van der Waals surface area contributed by atoms with Crippen LogP contribution in [0.4, 0.5) is 4.79 Å². The van der Waals surface area contributed by atoms with Crippen molar-refractivity contribution in [2.45, 2.75) is 39.8 Å². The smallest absolute Gasteiger partial charge is 0.419 e. The zero-order chi connectivity index (χ0) is 25.6. The highest BCUT2D eigenvalue weighted by molar-refractivity contribution is 5.95. The van der Waals surface area contributed by atoms with E-state index in [1.807, 2.05) is 58.3 Å². The molecule has 6 heteroatoms. The van der Waals surface area contributed by atoms with Crippen molar-refractivity contribution in [2.24, 2.45) is 0 Å². The Kier molecular flexibility index (Phi) is 5.67. The van der Waals surface area contributed by atoms with E-state index >= 15 is 0 Å². The molecule has 0 amide bonds. The minimum absolute atomic E-state index is 0.279. The molecule has 5 aromatic rings. The predicted octanol–water partition coefficient (Wildman–Crippen LogP) is 7.10. The van der Waals surface area contributed by atoms with Crippen molar-refractivity contribution >= 4 is 33.9 Å². The van der Waals surface area contributed by atoms with Crippen LogP contribution in [-0.2, 0) is 11.3 Å². The van der Waals surface area contributed by atoms with Crippen molar-refractivity contribution in [3.05, 3.63) is 95.8 Å². The SMILES string of the molecule is Cc1cn(C(=O)OC(C)(C)C)c2cc(-c3ccc4ccn(Cc5cccc(C(=O)O)c5)c4c3)ccc12. The highest BCUT2D eigenvalue weighted by Gasteiger charge is 2.20. The van der Waals surface area contributed by atoms with Gasteiger partial charge in [0.25, 0.3) is 0 Å². The Labute approximate surface area is 209 Å². The largest absolute Gasteiger partial charge is 0.478 e. The van der Waals surface area contributed by atoms with E-state index in [1.165, 1.54) is 0 Å². The fraction of sp³-hybridized carbons (Fsp3) is 0.200. The van der Waals surface area contributed by atoms with Crippen LogP contribution in [0.3, 0.4) is 0 Å². The molecular formula is C30H28N2O4. The van der Waals surface area contributed by atoms with Crippen LogP contribution >= 0.6 is 0 Å². The minimum atomic E-state index is -0.932. The number of carbonyl (C=O) groups excluding carboxylic acids is 1. The zero-order valence-corrected chi connectivity index (χ0v) is 20.8. The van der Waals surface area contributed by atoms with Gasteiger partial charge < -0.3 is 14.4 Å². The van der Waals surface area contributed by atoms with Crippen LogP contribution in [0.25, 0.3) is 32.9 Å². The second-order valence-corrected chi connectivity index (χ2v) is 10.1. The van der Waals surface area contributed by atoms with Crippen LogP contribution in [0.15, 0.2) is 79.1 Å². The van der Waals surface area contributed by atoms with Gasteiger partial charge >= 0.3 is 12.1 Å². The molecule has 0 unspecified atom stereocenters. The van der Waals surface area contributed by atoms with E-state index in [-0.39, 0.29) is 5.56 Å². The Morgan fingerprint density at radius 2 is 1.64 bits per heavy atom.